The normalized spacial score (nSPS) is 11.2. The van der Waals surface area contributed by atoms with E-state index in [1.54, 1.807) is 12.1 Å². The number of rotatable bonds is 5. The fraction of sp³-hybridized carbons (Fsp3) is 0.118. The van der Waals surface area contributed by atoms with Crippen molar-refractivity contribution < 1.29 is 27.9 Å². The number of nitrogens with one attached hydrogen (secondary N) is 1. The van der Waals surface area contributed by atoms with Crippen LogP contribution in [0.15, 0.2) is 39.2 Å². The lowest BCUT2D eigenvalue weighted by Gasteiger charge is -2.05. The molecule has 4 rings (SSSR count). The summed E-state index contributed by atoms with van der Waals surface area (Å²) in [4.78, 5) is 19.3. The molecule has 26 heavy (non-hydrogen) atoms. The molecule has 0 saturated carbocycles. The summed E-state index contributed by atoms with van der Waals surface area (Å²) in [6.07, 6.45) is -0.203. The van der Waals surface area contributed by atoms with Gasteiger partial charge in [-0.2, -0.15) is 9.97 Å². The van der Waals surface area contributed by atoms with Gasteiger partial charge in [0.1, 0.15) is 22.6 Å². The third kappa shape index (κ3) is 2.90. The Bertz CT molecular complexity index is 1130. The molecule has 4 aromatic rings. The first-order valence-electron chi connectivity index (χ1n) is 7.54. The number of hydrogen-bond donors (Lipinski definition) is 2. The number of carboxylic acid groups (broad SMARTS) is 1. The minimum absolute atomic E-state index is 0.0925. The van der Waals surface area contributed by atoms with Crippen molar-refractivity contribution in [2.75, 3.05) is 12.4 Å². The molecule has 0 bridgehead atoms. The van der Waals surface area contributed by atoms with Crippen LogP contribution in [0.1, 0.15) is 5.56 Å². The Hall–Kier alpha value is -3.62. The Morgan fingerprint density at radius 2 is 1.85 bits per heavy atom. The third-order valence-electron chi connectivity index (χ3n) is 3.70. The Morgan fingerprint density at radius 3 is 2.54 bits per heavy atom. The number of nitrogens with zero attached hydrogens (tertiary/aromatic N) is 2. The summed E-state index contributed by atoms with van der Waals surface area (Å²) in [5, 5.41) is 11.8. The predicted molar refractivity (Wildman–Crippen MR) is 89.2 cm³/mol. The molecule has 0 aliphatic carbocycles. The van der Waals surface area contributed by atoms with Crippen molar-refractivity contribution in [1.29, 1.82) is 0 Å². The summed E-state index contributed by atoms with van der Waals surface area (Å²) in [7, 11) is 1.44. The van der Waals surface area contributed by atoms with E-state index in [-0.39, 0.29) is 18.5 Å². The topological polar surface area (TPSA) is 111 Å². The maximum Gasteiger partial charge on any atom is 0.307 e. The molecule has 0 aliphatic rings. The lowest BCUT2D eigenvalue weighted by molar-refractivity contribution is -0.136. The number of benzene rings is 2. The first-order valence-corrected chi connectivity index (χ1v) is 7.54. The molecule has 0 aliphatic heterocycles. The number of hydrogen-bond acceptors (Lipinski definition) is 7. The largest absolute Gasteiger partial charge is 0.496 e. The summed E-state index contributed by atoms with van der Waals surface area (Å²) in [5.74, 6) is -1.01. The fourth-order valence-electron chi connectivity index (χ4n) is 2.59. The summed E-state index contributed by atoms with van der Waals surface area (Å²) < 4.78 is 29.4. The summed E-state index contributed by atoms with van der Waals surface area (Å²) in [6.45, 7) is 0. The van der Waals surface area contributed by atoms with Crippen LogP contribution in [-0.2, 0) is 11.2 Å². The van der Waals surface area contributed by atoms with Gasteiger partial charge in [-0.25, -0.2) is 4.39 Å². The van der Waals surface area contributed by atoms with Crippen LogP contribution >= 0.6 is 0 Å². The predicted octanol–water partition coefficient (Wildman–Crippen LogP) is 3.49. The highest BCUT2D eigenvalue weighted by Gasteiger charge is 2.15. The first-order chi connectivity index (χ1) is 12.5. The highest BCUT2D eigenvalue weighted by Crippen LogP contribution is 2.30. The zero-order chi connectivity index (χ0) is 18.3. The van der Waals surface area contributed by atoms with Gasteiger partial charge in [0.25, 0.3) is 0 Å². The average molecular weight is 357 g/mol. The van der Waals surface area contributed by atoms with Gasteiger partial charge in [-0.05, 0) is 18.2 Å². The molecular formula is C17H12FN3O5. The SMILES string of the molecule is COc1cc2oc(Nc3nc4cc(F)ccc4o3)nc2cc1CC(=O)O. The van der Waals surface area contributed by atoms with Gasteiger partial charge in [0, 0.05) is 17.7 Å². The Labute approximate surface area is 145 Å². The van der Waals surface area contributed by atoms with Crippen molar-refractivity contribution in [3.63, 3.8) is 0 Å². The van der Waals surface area contributed by atoms with Crippen molar-refractivity contribution in [2.24, 2.45) is 0 Å². The van der Waals surface area contributed by atoms with Crippen molar-refractivity contribution in [3.8, 4) is 5.75 Å². The number of carboxylic acids is 1. The zero-order valence-electron chi connectivity index (χ0n) is 13.4. The van der Waals surface area contributed by atoms with E-state index in [0.29, 0.717) is 33.5 Å². The Kier molecular flexibility index (Phi) is 3.68. The highest BCUT2D eigenvalue weighted by molar-refractivity contribution is 5.81. The number of aliphatic carboxylic acids is 1. The summed E-state index contributed by atoms with van der Waals surface area (Å²) in [6, 6.07) is 7.33. The molecule has 0 spiro atoms. The van der Waals surface area contributed by atoms with Gasteiger partial charge in [0.05, 0.1) is 13.5 Å². The van der Waals surface area contributed by atoms with Gasteiger partial charge < -0.3 is 18.7 Å². The molecule has 0 saturated heterocycles. The molecule has 0 unspecified atom stereocenters. The van der Waals surface area contributed by atoms with E-state index in [9.17, 15) is 9.18 Å². The van der Waals surface area contributed by atoms with Gasteiger partial charge in [-0.1, -0.05) is 0 Å². The van der Waals surface area contributed by atoms with E-state index in [2.05, 4.69) is 15.3 Å². The number of anilines is 2. The minimum Gasteiger partial charge on any atom is -0.496 e. The zero-order valence-corrected chi connectivity index (χ0v) is 13.4. The summed E-state index contributed by atoms with van der Waals surface area (Å²) in [5.41, 5.74) is 2.10. The van der Waals surface area contributed by atoms with E-state index in [0.717, 1.165) is 0 Å². The van der Waals surface area contributed by atoms with Crippen molar-refractivity contribution in [1.82, 2.24) is 9.97 Å². The molecule has 2 aromatic carbocycles. The van der Waals surface area contributed by atoms with Gasteiger partial charge in [0.15, 0.2) is 11.2 Å². The quantitative estimate of drug-likeness (QED) is 0.558. The standard InChI is InChI=1S/C17H12FN3O5/c1-24-13-7-14-10(4-8(13)5-15(22)23)19-17(26-14)21-16-20-11-6-9(18)2-3-12(11)25-16/h2-4,6-7H,5H2,1H3,(H,22,23)(H,19,20,21). The van der Waals surface area contributed by atoms with Crippen molar-refractivity contribution in [2.45, 2.75) is 6.42 Å². The van der Waals surface area contributed by atoms with Crippen LogP contribution in [-0.4, -0.2) is 28.2 Å². The van der Waals surface area contributed by atoms with E-state index in [1.807, 2.05) is 0 Å². The van der Waals surface area contributed by atoms with Gasteiger partial charge in [-0.15, -0.1) is 0 Å². The molecule has 2 N–H and O–H groups in total. The molecule has 0 fully saturated rings. The van der Waals surface area contributed by atoms with Crippen LogP contribution in [0.25, 0.3) is 22.2 Å². The molecule has 8 nitrogen and oxygen atoms in total. The number of fused-ring (bicyclic) bond motifs is 2. The molecule has 2 aromatic heterocycles. The highest BCUT2D eigenvalue weighted by atomic mass is 19.1. The van der Waals surface area contributed by atoms with E-state index in [1.165, 1.54) is 25.3 Å². The van der Waals surface area contributed by atoms with Gasteiger partial charge >= 0.3 is 18.0 Å². The minimum atomic E-state index is -0.983. The van der Waals surface area contributed by atoms with Gasteiger partial charge in [0.2, 0.25) is 0 Å². The molecule has 0 amide bonds. The first kappa shape index (κ1) is 15.9. The average Bonchev–Trinajstić information content (AvgIpc) is 3.15. The number of halogens is 1. The van der Waals surface area contributed by atoms with E-state index < -0.39 is 11.8 Å². The maximum atomic E-state index is 13.2. The Balaban J connectivity index is 1.68. The van der Waals surface area contributed by atoms with Crippen LogP contribution in [0.2, 0.25) is 0 Å². The second-order valence-corrected chi connectivity index (χ2v) is 5.48. The van der Waals surface area contributed by atoms with Gasteiger partial charge in [-0.3, -0.25) is 10.1 Å². The summed E-state index contributed by atoms with van der Waals surface area (Å²) >= 11 is 0. The van der Waals surface area contributed by atoms with Crippen molar-refractivity contribution >= 4 is 40.2 Å². The van der Waals surface area contributed by atoms with Crippen LogP contribution in [0.3, 0.4) is 0 Å². The van der Waals surface area contributed by atoms with Crippen LogP contribution in [0.5, 0.6) is 5.75 Å². The number of ether oxygens (including phenoxy) is 1. The lowest BCUT2D eigenvalue weighted by Crippen LogP contribution is -2.02. The van der Waals surface area contributed by atoms with Crippen molar-refractivity contribution in [3.05, 3.63) is 41.7 Å². The lowest BCUT2D eigenvalue weighted by atomic mass is 10.1. The molecule has 0 radical (unpaired) electrons. The Morgan fingerprint density at radius 1 is 1.15 bits per heavy atom. The van der Waals surface area contributed by atoms with E-state index in [4.69, 9.17) is 18.7 Å². The molecular weight excluding hydrogens is 345 g/mol. The number of carbonyl (C=O) groups is 1. The van der Waals surface area contributed by atoms with Crippen LogP contribution < -0.4 is 10.1 Å². The molecule has 2 heterocycles. The molecule has 0 atom stereocenters. The smallest absolute Gasteiger partial charge is 0.307 e. The number of methoxy groups -OCH3 is 1. The van der Waals surface area contributed by atoms with Crippen LogP contribution in [0.4, 0.5) is 16.4 Å². The van der Waals surface area contributed by atoms with Crippen LogP contribution in [0, 0.1) is 5.82 Å². The second kappa shape index (κ2) is 6.03. The molecule has 132 valence electrons. The molecule has 9 heteroatoms. The monoisotopic (exact) mass is 357 g/mol. The maximum absolute atomic E-state index is 13.2. The second-order valence-electron chi connectivity index (χ2n) is 5.48. The number of aromatic nitrogens is 2. The third-order valence-corrected chi connectivity index (χ3v) is 3.70. The van der Waals surface area contributed by atoms with E-state index >= 15 is 0 Å². The fourth-order valence-corrected chi connectivity index (χ4v) is 2.59. The number of oxazole rings is 2.